The van der Waals surface area contributed by atoms with Gasteiger partial charge in [0.05, 0.1) is 10.7 Å². The number of aryl methyl sites for hydroxylation is 2. The van der Waals surface area contributed by atoms with Gasteiger partial charge in [0.25, 0.3) is 0 Å². The summed E-state index contributed by atoms with van der Waals surface area (Å²) in [5.74, 6) is -0.350. The predicted octanol–water partition coefficient (Wildman–Crippen LogP) is 3.76. The molecule has 2 aromatic rings. The highest BCUT2D eigenvalue weighted by Gasteiger charge is 2.18. The quantitative estimate of drug-likeness (QED) is 0.880. The molecular weight excluding hydrogens is 289 g/mol. The van der Waals surface area contributed by atoms with Crippen LogP contribution in [-0.4, -0.2) is 16.8 Å². The molecule has 1 atom stereocenters. The van der Waals surface area contributed by atoms with E-state index in [-0.39, 0.29) is 16.9 Å². The number of hydrogen-bond donors (Lipinski definition) is 1. The predicted molar refractivity (Wildman–Crippen MR) is 84.2 cm³/mol. The Hall–Kier alpha value is -1.39. The minimum Gasteiger partial charge on any atom is -0.313 e. The SMILES string of the molecule is CCc1cc(CC(NC)c2cccc(Cl)c2F)n(CC)n1. The Morgan fingerprint density at radius 2 is 2.14 bits per heavy atom. The molecular formula is C16H21ClFN3. The zero-order valence-corrected chi connectivity index (χ0v) is 13.4. The van der Waals surface area contributed by atoms with E-state index in [9.17, 15) is 4.39 Å². The lowest BCUT2D eigenvalue weighted by Gasteiger charge is -2.18. The smallest absolute Gasteiger partial charge is 0.146 e. The van der Waals surface area contributed by atoms with Crippen molar-refractivity contribution in [2.75, 3.05) is 7.05 Å². The molecule has 0 radical (unpaired) electrons. The zero-order chi connectivity index (χ0) is 15.4. The second kappa shape index (κ2) is 7.05. The molecule has 2 rings (SSSR count). The number of halogens is 2. The third-order valence-corrected chi connectivity index (χ3v) is 3.99. The van der Waals surface area contributed by atoms with Gasteiger partial charge in [-0.05, 0) is 32.5 Å². The van der Waals surface area contributed by atoms with Crippen molar-refractivity contribution in [3.63, 3.8) is 0 Å². The van der Waals surface area contributed by atoms with E-state index in [0.29, 0.717) is 12.0 Å². The Labute approximate surface area is 130 Å². The van der Waals surface area contributed by atoms with Gasteiger partial charge in [-0.1, -0.05) is 30.7 Å². The van der Waals surface area contributed by atoms with Crippen LogP contribution in [-0.2, 0) is 19.4 Å². The van der Waals surface area contributed by atoms with Crippen LogP contribution in [0.4, 0.5) is 4.39 Å². The van der Waals surface area contributed by atoms with Gasteiger partial charge >= 0.3 is 0 Å². The lowest BCUT2D eigenvalue weighted by molar-refractivity contribution is 0.510. The molecule has 1 aromatic carbocycles. The summed E-state index contributed by atoms with van der Waals surface area (Å²) in [5.41, 5.74) is 2.76. The van der Waals surface area contributed by atoms with Crippen LogP contribution in [0.1, 0.15) is 36.8 Å². The number of benzene rings is 1. The van der Waals surface area contributed by atoms with Gasteiger partial charge in [0.2, 0.25) is 0 Å². The Morgan fingerprint density at radius 1 is 1.38 bits per heavy atom. The molecule has 0 aliphatic rings. The number of aromatic nitrogens is 2. The van der Waals surface area contributed by atoms with E-state index in [2.05, 4.69) is 30.3 Å². The first kappa shape index (κ1) is 16.0. The fraction of sp³-hybridized carbons (Fsp3) is 0.438. The van der Waals surface area contributed by atoms with Crippen LogP contribution < -0.4 is 5.32 Å². The summed E-state index contributed by atoms with van der Waals surface area (Å²) in [4.78, 5) is 0. The van der Waals surface area contributed by atoms with Gasteiger partial charge in [0.1, 0.15) is 5.82 Å². The molecule has 0 saturated heterocycles. The molecule has 0 saturated carbocycles. The zero-order valence-electron chi connectivity index (χ0n) is 12.7. The summed E-state index contributed by atoms with van der Waals surface area (Å²) in [6.07, 6.45) is 1.57. The molecule has 3 nitrogen and oxygen atoms in total. The summed E-state index contributed by atoms with van der Waals surface area (Å²) < 4.78 is 16.2. The van der Waals surface area contributed by atoms with Gasteiger partial charge in [0, 0.05) is 30.3 Å². The highest BCUT2D eigenvalue weighted by molar-refractivity contribution is 6.30. The molecule has 0 amide bonds. The van der Waals surface area contributed by atoms with E-state index >= 15 is 0 Å². The minimum absolute atomic E-state index is 0.129. The summed E-state index contributed by atoms with van der Waals surface area (Å²) in [6.45, 7) is 4.95. The highest BCUT2D eigenvalue weighted by Crippen LogP contribution is 2.26. The lowest BCUT2D eigenvalue weighted by atomic mass is 10.0. The average Bonchev–Trinajstić information content (AvgIpc) is 2.90. The number of rotatable bonds is 6. The van der Waals surface area contributed by atoms with Gasteiger partial charge in [-0.15, -0.1) is 0 Å². The largest absolute Gasteiger partial charge is 0.313 e. The molecule has 114 valence electrons. The van der Waals surface area contributed by atoms with E-state index < -0.39 is 0 Å². The van der Waals surface area contributed by atoms with E-state index in [0.717, 1.165) is 24.4 Å². The normalized spacial score (nSPS) is 12.6. The van der Waals surface area contributed by atoms with E-state index in [1.54, 1.807) is 18.2 Å². The molecule has 0 spiro atoms. The van der Waals surface area contributed by atoms with Crippen LogP contribution in [0.2, 0.25) is 5.02 Å². The number of hydrogen-bond acceptors (Lipinski definition) is 2. The van der Waals surface area contributed by atoms with Crippen LogP contribution in [0, 0.1) is 5.82 Å². The first-order chi connectivity index (χ1) is 10.1. The third kappa shape index (κ3) is 3.44. The highest BCUT2D eigenvalue weighted by atomic mass is 35.5. The van der Waals surface area contributed by atoms with E-state index in [1.165, 1.54) is 0 Å². The topological polar surface area (TPSA) is 29.9 Å². The second-order valence-corrected chi connectivity index (χ2v) is 5.39. The summed E-state index contributed by atoms with van der Waals surface area (Å²) >= 11 is 5.88. The van der Waals surface area contributed by atoms with E-state index in [4.69, 9.17) is 11.6 Å². The van der Waals surface area contributed by atoms with Crippen molar-refractivity contribution >= 4 is 11.6 Å². The van der Waals surface area contributed by atoms with Crippen molar-refractivity contribution < 1.29 is 4.39 Å². The van der Waals surface area contributed by atoms with Crippen LogP contribution >= 0.6 is 11.6 Å². The maximum atomic E-state index is 14.2. The van der Waals surface area contributed by atoms with Crippen molar-refractivity contribution in [3.05, 3.63) is 52.1 Å². The summed E-state index contributed by atoms with van der Waals surface area (Å²) in [7, 11) is 1.83. The second-order valence-electron chi connectivity index (χ2n) is 4.98. The molecule has 1 heterocycles. The maximum absolute atomic E-state index is 14.2. The lowest BCUT2D eigenvalue weighted by Crippen LogP contribution is -2.21. The Morgan fingerprint density at radius 3 is 2.76 bits per heavy atom. The maximum Gasteiger partial charge on any atom is 0.146 e. The van der Waals surface area contributed by atoms with Gasteiger partial charge in [0.15, 0.2) is 0 Å². The number of likely N-dealkylation sites (N-methyl/N-ethyl adjacent to an activating group) is 1. The first-order valence-corrected chi connectivity index (χ1v) is 7.65. The molecule has 1 aromatic heterocycles. The first-order valence-electron chi connectivity index (χ1n) is 7.27. The molecule has 21 heavy (non-hydrogen) atoms. The Kier molecular flexibility index (Phi) is 5.37. The minimum atomic E-state index is -0.350. The monoisotopic (exact) mass is 309 g/mol. The van der Waals surface area contributed by atoms with Crippen molar-refractivity contribution in [3.8, 4) is 0 Å². The molecule has 1 unspecified atom stereocenters. The molecule has 0 aliphatic carbocycles. The molecule has 5 heteroatoms. The van der Waals surface area contributed by atoms with Crippen molar-refractivity contribution in [1.29, 1.82) is 0 Å². The molecule has 0 bridgehead atoms. The Bertz CT molecular complexity index is 610. The summed E-state index contributed by atoms with van der Waals surface area (Å²) in [6, 6.07) is 7.08. The van der Waals surface area contributed by atoms with Crippen molar-refractivity contribution in [2.24, 2.45) is 0 Å². The summed E-state index contributed by atoms with van der Waals surface area (Å²) in [5, 5.41) is 7.87. The van der Waals surface area contributed by atoms with Gasteiger partial charge in [-0.3, -0.25) is 4.68 Å². The number of nitrogens with zero attached hydrogens (tertiary/aromatic N) is 2. The molecule has 0 fully saturated rings. The van der Waals surface area contributed by atoms with Crippen molar-refractivity contribution in [2.45, 2.75) is 39.3 Å². The fourth-order valence-corrected chi connectivity index (χ4v) is 2.67. The number of nitrogens with one attached hydrogen (secondary N) is 1. The van der Waals surface area contributed by atoms with Crippen LogP contribution in [0.5, 0.6) is 0 Å². The van der Waals surface area contributed by atoms with E-state index in [1.807, 2.05) is 11.7 Å². The van der Waals surface area contributed by atoms with Crippen LogP contribution in [0.3, 0.4) is 0 Å². The fourth-order valence-electron chi connectivity index (χ4n) is 2.49. The van der Waals surface area contributed by atoms with Crippen LogP contribution in [0.15, 0.2) is 24.3 Å². The third-order valence-electron chi connectivity index (χ3n) is 3.69. The van der Waals surface area contributed by atoms with Gasteiger partial charge in [-0.25, -0.2) is 4.39 Å². The van der Waals surface area contributed by atoms with Crippen molar-refractivity contribution in [1.82, 2.24) is 15.1 Å². The molecule has 1 N–H and O–H groups in total. The Balaban J connectivity index is 2.31. The van der Waals surface area contributed by atoms with Crippen LogP contribution in [0.25, 0.3) is 0 Å². The van der Waals surface area contributed by atoms with Gasteiger partial charge in [-0.2, -0.15) is 5.10 Å². The molecule has 0 aliphatic heterocycles. The standard InChI is InChI=1S/C16H21ClFN3/c1-4-11-9-12(21(5-2)20-11)10-15(19-3)13-7-6-8-14(17)16(13)18/h6-9,15,19H,4-5,10H2,1-3H3. The van der Waals surface area contributed by atoms with Gasteiger partial charge < -0.3 is 5.32 Å². The average molecular weight is 310 g/mol.